The van der Waals surface area contributed by atoms with E-state index in [1.807, 2.05) is 29.2 Å². The number of anilines is 1. The molecule has 1 saturated heterocycles. The third kappa shape index (κ3) is 6.21. The number of benzene rings is 2. The van der Waals surface area contributed by atoms with E-state index in [1.54, 1.807) is 4.68 Å². The minimum absolute atomic E-state index is 0.0482. The van der Waals surface area contributed by atoms with Crippen LogP contribution in [0, 0.1) is 0 Å². The van der Waals surface area contributed by atoms with E-state index in [0.717, 1.165) is 48.2 Å². The van der Waals surface area contributed by atoms with Gasteiger partial charge in [-0.1, -0.05) is 30.3 Å². The molecule has 0 saturated carbocycles. The molecule has 14 heteroatoms. The van der Waals surface area contributed by atoms with Crippen LogP contribution in [0.1, 0.15) is 35.2 Å². The SMILES string of the molecule is CS(=O)(=O)N1CCc2c(c(-c3ccc(C(F)(F)F)cc3)nn2CC(O)CN2CCC(N3C(=O)NCc4ccccc43)CC2)C1. The number of sulfonamides is 1. The van der Waals surface area contributed by atoms with E-state index < -0.39 is 27.9 Å². The number of piperidine rings is 1. The van der Waals surface area contributed by atoms with Gasteiger partial charge in [0.25, 0.3) is 0 Å². The second-order valence-electron chi connectivity index (χ2n) is 11.7. The highest BCUT2D eigenvalue weighted by Crippen LogP contribution is 2.35. The zero-order valence-corrected chi connectivity index (χ0v) is 25.1. The number of aromatic nitrogens is 2. The van der Waals surface area contributed by atoms with Crippen molar-refractivity contribution in [2.75, 3.05) is 37.3 Å². The van der Waals surface area contributed by atoms with E-state index in [9.17, 15) is 31.5 Å². The molecule has 236 valence electrons. The Morgan fingerprint density at radius 2 is 1.75 bits per heavy atom. The first-order valence-electron chi connectivity index (χ1n) is 14.6. The van der Waals surface area contributed by atoms with Gasteiger partial charge in [0.2, 0.25) is 10.0 Å². The number of hydrogen-bond donors (Lipinski definition) is 2. The number of alkyl halides is 3. The third-order valence-corrected chi connectivity index (χ3v) is 9.98. The molecule has 10 nitrogen and oxygen atoms in total. The largest absolute Gasteiger partial charge is 0.416 e. The van der Waals surface area contributed by atoms with Gasteiger partial charge in [-0.25, -0.2) is 13.2 Å². The summed E-state index contributed by atoms with van der Waals surface area (Å²) in [6.45, 7) is 2.76. The fourth-order valence-electron chi connectivity index (χ4n) is 6.49. The lowest BCUT2D eigenvalue weighted by Gasteiger charge is -2.41. The molecule has 6 rings (SSSR count). The highest BCUT2D eigenvalue weighted by atomic mass is 32.2. The smallest absolute Gasteiger partial charge is 0.390 e. The number of carbonyl (C=O) groups is 1. The molecule has 3 aromatic rings. The Kier molecular flexibility index (Phi) is 8.20. The number of rotatable bonds is 7. The van der Waals surface area contributed by atoms with Crippen molar-refractivity contribution in [1.29, 1.82) is 0 Å². The first-order valence-corrected chi connectivity index (χ1v) is 16.5. The van der Waals surface area contributed by atoms with Gasteiger partial charge in [-0.2, -0.15) is 22.6 Å². The molecule has 3 aliphatic heterocycles. The van der Waals surface area contributed by atoms with Gasteiger partial charge in [-0.15, -0.1) is 0 Å². The number of halogens is 3. The molecule has 4 heterocycles. The van der Waals surface area contributed by atoms with Crippen LogP contribution in [0.2, 0.25) is 0 Å². The summed E-state index contributed by atoms with van der Waals surface area (Å²) in [5, 5.41) is 18.8. The van der Waals surface area contributed by atoms with E-state index in [2.05, 4.69) is 10.2 Å². The Balaban J connectivity index is 1.15. The molecule has 0 aliphatic carbocycles. The molecular formula is C30H35F3N6O4S. The molecule has 1 fully saturated rings. The van der Waals surface area contributed by atoms with Crippen LogP contribution < -0.4 is 10.2 Å². The maximum absolute atomic E-state index is 13.2. The van der Waals surface area contributed by atoms with E-state index in [-0.39, 0.29) is 31.7 Å². The molecular weight excluding hydrogens is 597 g/mol. The molecule has 2 aromatic carbocycles. The fraction of sp³-hybridized carbons (Fsp3) is 0.467. The van der Waals surface area contributed by atoms with Crippen molar-refractivity contribution in [3.63, 3.8) is 0 Å². The van der Waals surface area contributed by atoms with E-state index in [0.29, 0.717) is 49.4 Å². The molecule has 0 radical (unpaired) electrons. The number of nitrogens with one attached hydrogen (secondary N) is 1. The number of β-amino-alcohol motifs (C(OH)–C–C–N with tert-alkyl or cyclic N) is 1. The summed E-state index contributed by atoms with van der Waals surface area (Å²) in [5.41, 5.74) is 3.51. The third-order valence-electron chi connectivity index (χ3n) is 8.73. The van der Waals surface area contributed by atoms with Crippen molar-refractivity contribution in [3.05, 3.63) is 70.9 Å². The number of aliphatic hydroxyl groups is 1. The molecule has 1 atom stereocenters. The number of urea groups is 1. The summed E-state index contributed by atoms with van der Waals surface area (Å²) < 4.78 is 67.1. The van der Waals surface area contributed by atoms with Crippen LogP contribution in [0.4, 0.5) is 23.7 Å². The molecule has 3 aliphatic rings. The lowest BCUT2D eigenvalue weighted by molar-refractivity contribution is -0.137. The summed E-state index contributed by atoms with van der Waals surface area (Å²) in [6, 6.07) is 12.5. The highest BCUT2D eigenvalue weighted by Gasteiger charge is 2.35. The van der Waals surface area contributed by atoms with Gasteiger partial charge in [-0.05, 0) is 36.6 Å². The fourth-order valence-corrected chi connectivity index (χ4v) is 7.27. The Hall–Kier alpha value is -3.46. The zero-order valence-electron chi connectivity index (χ0n) is 24.3. The number of para-hydroxylation sites is 1. The zero-order chi connectivity index (χ0) is 31.2. The van der Waals surface area contributed by atoms with E-state index >= 15 is 0 Å². The summed E-state index contributed by atoms with van der Waals surface area (Å²) in [4.78, 5) is 16.8. The quantitative estimate of drug-likeness (QED) is 0.413. The second kappa shape index (κ2) is 11.8. The minimum atomic E-state index is -4.48. The standard InChI is InChI=1S/C30H35F3N6O4S/c1-44(42,43)37-15-12-27-25(19-37)28(20-6-8-22(9-7-20)30(31,32)33)35-38(27)18-24(40)17-36-13-10-23(11-14-36)39-26-5-3-2-4-21(26)16-34-29(39)41/h2-9,23-24,40H,10-19H2,1H3,(H,34,41). The molecule has 2 amide bonds. The summed E-state index contributed by atoms with van der Waals surface area (Å²) in [6.07, 6.45) is -2.26. The van der Waals surface area contributed by atoms with Gasteiger partial charge in [0.15, 0.2) is 0 Å². The number of aliphatic hydroxyl groups excluding tert-OH is 1. The summed E-state index contributed by atoms with van der Waals surface area (Å²) >= 11 is 0. The van der Waals surface area contributed by atoms with Gasteiger partial charge in [-0.3, -0.25) is 9.58 Å². The molecule has 0 spiro atoms. The molecule has 44 heavy (non-hydrogen) atoms. The van der Waals surface area contributed by atoms with Gasteiger partial charge in [0.05, 0.1) is 35.8 Å². The van der Waals surface area contributed by atoms with Crippen molar-refractivity contribution in [3.8, 4) is 11.3 Å². The Morgan fingerprint density at radius 1 is 1.05 bits per heavy atom. The van der Waals surface area contributed by atoms with Gasteiger partial charge < -0.3 is 15.3 Å². The van der Waals surface area contributed by atoms with Crippen molar-refractivity contribution >= 4 is 21.7 Å². The van der Waals surface area contributed by atoms with E-state index in [4.69, 9.17) is 5.10 Å². The topological polar surface area (TPSA) is 111 Å². The second-order valence-corrected chi connectivity index (χ2v) is 13.7. The monoisotopic (exact) mass is 632 g/mol. The average molecular weight is 633 g/mol. The van der Waals surface area contributed by atoms with Crippen molar-refractivity contribution in [2.24, 2.45) is 0 Å². The van der Waals surface area contributed by atoms with Crippen molar-refractivity contribution < 1.29 is 31.5 Å². The van der Waals surface area contributed by atoms with Gasteiger partial charge >= 0.3 is 12.2 Å². The number of hydrogen-bond acceptors (Lipinski definition) is 6. The lowest BCUT2D eigenvalue weighted by Crippen LogP contribution is -2.54. The molecule has 0 bridgehead atoms. The van der Waals surface area contributed by atoms with Crippen LogP contribution in [0.15, 0.2) is 48.5 Å². The van der Waals surface area contributed by atoms with Gasteiger partial charge in [0.1, 0.15) is 0 Å². The number of nitrogens with zero attached hydrogens (tertiary/aromatic N) is 5. The normalized spacial score (nSPS) is 19.4. The van der Waals surface area contributed by atoms with E-state index in [1.165, 1.54) is 16.4 Å². The molecule has 2 N–H and O–H groups in total. The Morgan fingerprint density at radius 3 is 2.43 bits per heavy atom. The molecule has 1 aromatic heterocycles. The van der Waals surface area contributed by atoms with Crippen LogP contribution in [0.25, 0.3) is 11.3 Å². The number of carbonyl (C=O) groups excluding carboxylic acids is 1. The van der Waals surface area contributed by atoms with Gasteiger partial charge in [0, 0.05) is 68.6 Å². The summed E-state index contributed by atoms with van der Waals surface area (Å²) in [7, 11) is -3.50. The maximum Gasteiger partial charge on any atom is 0.416 e. The Bertz CT molecular complexity index is 1640. The average Bonchev–Trinajstić information content (AvgIpc) is 3.34. The predicted octanol–water partition coefficient (Wildman–Crippen LogP) is 3.44. The lowest BCUT2D eigenvalue weighted by atomic mass is 9.99. The van der Waals surface area contributed by atoms with Crippen molar-refractivity contribution in [2.45, 2.75) is 57.2 Å². The summed E-state index contributed by atoms with van der Waals surface area (Å²) in [5.74, 6) is 0. The van der Waals surface area contributed by atoms with Crippen molar-refractivity contribution in [1.82, 2.24) is 24.3 Å². The van der Waals surface area contributed by atoms with Crippen LogP contribution in [0.3, 0.4) is 0 Å². The first kappa shape index (κ1) is 30.6. The highest BCUT2D eigenvalue weighted by molar-refractivity contribution is 7.88. The number of fused-ring (bicyclic) bond motifs is 2. The van der Waals surface area contributed by atoms with Crippen LogP contribution >= 0.6 is 0 Å². The maximum atomic E-state index is 13.2. The number of likely N-dealkylation sites (tertiary alicyclic amines) is 1. The number of amides is 2. The van der Waals surface area contributed by atoms with Crippen LogP contribution in [-0.2, 0) is 42.3 Å². The predicted molar refractivity (Wildman–Crippen MR) is 158 cm³/mol. The minimum Gasteiger partial charge on any atom is -0.390 e. The van der Waals surface area contributed by atoms with Crippen LogP contribution in [-0.4, -0.2) is 83.1 Å². The van der Waals surface area contributed by atoms with Crippen LogP contribution in [0.5, 0.6) is 0 Å². The Labute approximate surface area is 254 Å². The first-order chi connectivity index (χ1) is 20.9. The molecule has 1 unspecified atom stereocenters.